The van der Waals surface area contributed by atoms with Gasteiger partial charge in [-0.2, -0.15) is 0 Å². The van der Waals surface area contributed by atoms with Gasteiger partial charge < -0.3 is 50.0 Å². The number of benzene rings is 4. The first-order valence-electron chi connectivity index (χ1n) is 30.3. The Morgan fingerprint density at radius 1 is 0.277 bits per heavy atom. The molecule has 23 heteroatoms. The minimum Gasteiger partial charge on any atom is -0.628 e. The fraction of sp³-hybridized carbons (Fsp3) is 0.103. The number of Topliss-reactive ketones (excluding diaryl/α,β-unsaturated/α-hetero) is 2. The molecule has 12 aromatic rings. The topological polar surface area (TPSA) is 325 Å². The fourth-order valence-corrected chi connectivity index (χ4v) is 9.57. The summed E-state index contributed by atoms with van der Waals surface area (Å²) in [4.78, 5) is 103. The van der Waals surface area contributed by atoms with Crippen LogP contribution in [-0.2, 0) is 47.7 Å². The van der Waals surface area contributed by atoms with E-state index in [1.165, 1.54) is 98.5 Å². The Morgan fingerprint density at radius 3 is 0.525 bits per heavy atom. The summed E-state index contributed by atoms with van der Waals surface area (Å²) in [6.45, 7) is 6.11. The molecule has 0 unspecified atom stereocenters. The molecule has 0 radical (unpaired) electrons. The van der Waals surface area contributed by atoms with Crippen molar-refractivity contribution in [1.82, 2.24) is 39.9 Å². The molecule has 13 rings (SSSR count). The standard InChI is InChI=1S/C48H28N4O8.2C10H8N2.2C3H6O.2C2H6OS.Ni/c53-45(54)29-9-1-25(2-10-29)41-33-17-19-35(49-33)42(26-3-11-30(12-4-26)46(55)56)37-21-23-39(51-37)44(28-7-15-32(16-8-28)48(59)60)40-24-22-38(52-40)43(36-20-18-34(41)50-36)27-5-13-31(14-6-27)47(57)58;2*1-5-11-6-2-9(1)10-3-7-12-8-4-10;2*1-3(2)4;2*1-4(2)3;/h1-24H,(H,53,54)(H,55,56)(H,57,58)(H,59,60);2*1-8H;4*1-2H3;. The largest absolute Gasteiger partial charge is 0.628 e. The van der Waals surface area contributed by atoms with Gasteiger partial charge in [0, 0.05) is 233 Å². The van der Waals surface area contributed by atoms with Crippen LogP contribution in [0.3, 0.4) is 0 Å². The Kier molecular flexibility index (Phi) is 29.6. The van der Waals surface area contributed by atoms with Gasteiger partial charge in [-0.3, -0.25) is 28.4 Å². The van der Waals surface area contributed by atoms with Crippen LogP contribution in [0, 0.1) is 23.7 Å². The third-order valence-corrected chi connectivity index (χ3v) is 13.7. The van der Waals surface area contributed by atoms with E-state index in [-0.39, 0.29) is 50.3 Å². The fourth-order valence-electron chi connectivity index (χ4n) is 9.57. The van der Waals surface area contributed by atoms with E-state index >= 15 is 0 Å². The minimum absolute atomic E-state index is 0. The van der Waals surface area contributed by atoms with Crippen molar-refractivity contribution in [1.29, 1.82) is 0 Å². The zero-order chi connectivity index (χ0) is 72.4. The number of carbonyl (C=O) groups is 6. The molecule has 0 atom stereocenters. The van der Waals surface area contributed by atoms with Crippen LogP contribution in [0.4, 0.5) is 0 Å². The van der Waals surface area contributed by atoms with Gasteiger partial charge in [-0.05, 0) is 193 Å². The Morgan fingerprint density at radius 2 is 0.406 bits per heavy atom. The summed E-state index contributed by atoms with van der Waals surface area (Å²) in [6, 6.07) is 56.1. The number of aromatic carboxylic acids is 4. The van der Waals surface area contributed by atoms with Crippen LogP contribution in [-0.4, -0.2) is 109 Å². The maximum Gasteiger partial charge on any atom is 0.337 e. The molecule has 0 aliphatic carbocycles. The van der Waals surface area contributed by atoms with Crippen LogP contribution in [0.15, 0.2) is 244 Å². The number of carbonyl (C=O) groups excluding carboxylic acids is 2. The molecule has 0 fully saturated rings. The number of aromatic nitrogens is 8. The van der Waals surface area contributed by atoms with Gasteiger partial charge in [0.25, 0.3) is 0 Å². The average Bonchev–Trinajstić information content (AvgIpc) is 1.63. The first-order chi connectivity index (χ1) is 47.9. The predicted molar refractivity (Wildman–Crippen MR) is 382 cm³/mol. The zero-order valence-corrected chi connectivity index (χ0v) is 58.5. The molecular formula is C78H68N8NiO12S2. The summed E-state index contributed by atoms with van der Waals surface area (Å²) in [5.74, 6) is -1.56. The van der Waals surface area contributed by atoms with E-state index < -0.39 is 45.5 Å². The monoisotopic (exact) mass is 1430 g/mol. The van der Waals surface area contributed by atoms with Crippen molar-refractivity contribution in [2.75, 3.05) is 25.0 Å². The molecule has 0 amide bonds. The molecular weight excluding hydrogens is 1360 g/mol. The molecule has 1 aliphatic heterocycles. The number of nitrogens with zero attached hydrogens (tertiary/aromatic N) is 8. The van der Waals surface area contributed by atoms with E-state index in [0.29, 0.717) is 91.5 Å². The minimum atomic E-state index is -1.07. The molecule has 20 nitrogen and oxygen atoms in total. The number of pyridine rings is 4. The number of hydrogen-bond donors (Lipinski definition) is 4. The third-order valence-electron chi connectivity index (χ3n) is 13.7. The number of carboxylic acids is 4. The Balaban J connectivity index is 0.000000314. The molecule has 0 spiro atoms. The molecule has 0 saturated carbocycles. The quantitative estimate of drug-likeness (QED) is 0.0730. The van der Waals surface area contributed by atoms with Crippen LogP contribution in [0.25, 0.3) is 22.3 Å². The number of rotatable bonds is 10. The van der Waals surface area contributed by atoms with Gasteiger partial charge in [-0.15, -0.1) is 0 Å². The van der Waals surface area contributed by atoms with Crippen molar-refractivity contribution in [2.45, 2.75) is 27.7 Å². The van der Waals surface area contributed by atoms with Crippen molar-refractivity contribution in [3.05, 3.63) is 357 Å². The summed E-state index contributed by atoms with van der Waals surface area (Å²) in [5.41, 5.74) is 11.8. The number of hydrogen-bond acceptors (Lipinski definition) is 12. The first kappa shape index (κ1) is 78.1. The predicted octanol–water partition coefficient (Wildman–Crippen LogP) is 12.2. The number of carboxylic acid groups (broad SMARTS) is 4. The Labute approximate surface area is 599 Å². The molecule has 514 valence electrons. The normalized spacial score (nSPS) is 10.9. The van der Waals surface area contributed by atoms with Crippen LogP contribution < -0.4 is 19.9 Å². The van der Waals surface area contributed by atoms with Gasteiger partial charge in [-0.1, -0.05) is 0 Å². The zero-order valence-electron chi connectivity index (χ0n) is 55.9. The Hall–Kier alpha value is -11.9. The molecule has 4 aromatic carbocycles. The molecule has 8 bridgehead atoms. The summed E-state index contributed by atoms with van der Waals surface area (Å²) in [6.07, 6.45) is 20.9. The summed E-state index contributed by atoms with van der Waals surface area (Å²) in [7, 11) is -1.22. The first-order valence-corrected chi connectivity index (χ1v) is 34.3. The molecule has 9 heterocycles. The summed E-state index contributed by atoms with van der Waals surface area (Å²) in [5, 5.41) is 38.7. The van der Waals surface area contributed by atoms with Crippen LogP contribution in [0.2, 0.25) is 0 Å². The van der Waals surface area contributed by atoms with Crippen molar-refractivity contribution in [2.24, 2.45) is 0 Å². The van der Waals surface area contributed by atoms with Crippen LogP contribution >= 0.6 is 0 Å². The molecule has 4 N–H and O–H groups in total. The van der Waals surface area contributed by atoms with Gasteiger partial charge in [0.2, 0.25) is 0 Å². The van der Waals surface area contributed by atoms with Crippen molar-refractivity contribution in [3.8, 4) is 22.3 Å². The second-order valence-corrected chi connectivity index (χ2v) is 25.1. The van der Waals surface area contributed by atoms with Crippen molar-refractivity contribution in [3.63, 3.8) is 0 Å². The number of fused-ring (bicyclic) bond motifs is 8. The van der Waals surface area contributed by atoms with Gasteiger partial charge in [0.1, 0.15) is 11.6 Å². The second kappa shape index (κ2) is 38.3. The van der Waals surface area contributed by atoms with Gasteiger partial charge >= 0.3 is 23.9 Å². The van der Waals surface area contributed by atoms with E-state index in [9.17, 15) is 57.6 Å². The van der Waals surface area contributed by atoms with E-state index in [2.05, 4.69) is 19.9 Å². The summed E-state index contributed by atoms with van der Waals surface area (Å²) < 4.78 is 19.1. The molecule has 1 aliphatic rings. The van der Waals surface area contributed by atoms with Crippen molar-refractivity contribution >= 4 is 57.0 Å². The number of ketones is 2. The van der Waals surface area contributed by atoms with E-state index in [0.717, 1.165) is 0 Å². The van der Waals surface area contributed by atoms with Crippen LogP contribution in [0.1, 0.15) is 137 Å². The second-order valence-electron chi connectivity index (χ2n) is 22.1. The average molecular weight is 1430 g/mol. The molecule has 0 saturated heterocycles. The SMILES string of the molecule is CC(C)=O.CC(C)=O.CS(C)=O.CS(C)=O.O=C(O)c1ccc([C+]2c3ccc([n-]3)[C+](c3ccc(C(=O)O)cc3)c3ccc([n-]3)[C+](c3ccc(C(=O)O)cc3)c3ccc([n-]3)[C+](c3ccc(C(=O)O)cc3)c3ccc2[n-]3)cc1.[Ni].c1cc(-c2ccncc2)ccn1.c1cc(-c2ccncc2)ccn1. The third kappa shape index (κ3) is 23.1. The molecule has 8 aromatic heterocycles. The van der Waals surface area contributed by atoms with Gasteiger partial charge in [-0.25, -0.2) is 19.2 Å². The van der Waals surface area contributed by atoms with Gasteiger partial charge in [0.15, 0.2) is 0 Å². The summed E-state index contributed by atoms with van der Waals surface area (Å²) >= 11 is 0. The maximum atomic E-state index is 11.8. The van der Waals surface area contributed by atoms with E-state index in [1.807, 2.05) is 97.1 Å². The van der Waals surface area contributed by atoms with E-state index in [1.54, 1.807) is 123 Å². The smallest absolute Gasteiger partial charge is 0.337 e. The Bertz CT molecular complexity index is 4000. The van der Waals surface area contributed by atoms with Crippen LogP contribution in [0.5, 0.6) is 0 Å². The maximum absolute atomic E-state index is 11.8. The van der Waals surface area contributed by atoms with E-state index in [4.69, 9.17) is 19.9 Å². The van der Waals surface area contributed by atoms with Gasteiger partial charge in [0.05, 0.1) is 44.5 Å². The molecule has 101 heavy (non-hydrogen) atoms. The van der Waals surface area contributed by atoms with Crippen molar-refractivity contribution < 1.29 is 74.1 Å².